The Kier molecular flexibility index (Phi) is 8.13. The Morgan fingerprint density at radius 2 is 1.53 bits per heavy atom. The van der Waals surface area contributed by atoms with Crippen LogP contribution in [0.3, 0.4) is 0 Å². The molecule has 2 N–H and O–H groups in total. The second kappa shape index (κ2) is 11.6. The van der Waals surface area contributed by atoms with Crippen LogP contribution in [0.2, 0.25) is 5.02 Å². The normalized spacial score (nSPS) is 10.7. The summed E-state index contributed by atoms with van der Waals surface area (Å²) in [7, 11) is 0. The summed E-state index contributed by atoms with van der Waals surface area (Å²) in [5.41, 5.74) is 7.87. The van der Waals surface area contributed by atoms with Gasteiger partial charge in [0, 0.05) is 41.9 Å². The van der Waals surface area contributed by atoms with E-state index in [2.05, 4.69) is 53.6 Å². The van der Waals surface area contributed by atoms with E-state index in [1.807, 2.05) is 36.4 Å². The van der Waals surface area contributed by atoms with Gasteiger partial charge >= 0.3 is 5.97 Å². The fourth-order valence-electron chi connectivity index (χ4n) is 4.14. The molecule has 0 saturated carbocycles. The van der Waals surface area contributed by atoms with Gasteiger partial charge in [-0.1, -0.05) is 60.1 Å². The lowest BCUT2D eigenvalue weighted by Gasteiger charge is -2.15. The minimum Gasteiger partial charge on any atom is -0.481 e. The van der Waals surface area contributed by atoms with Crippen LogP contribution in [0.1, 0.15) is 40.9 Å². The smallest absolute Gasteiger partial charge is 0.303 e. The average molecular weight is 499 g/mol. The van der Waals surface area contributed by atoms with Crippen molar-refractivity contribution < 1.29 is 14.7 Å². The zero-order valence-electron chi connectivity index (χ0n) is 20.0. The summed E-state index contributed by atoms with van der Waals surface area (Å²) in [6.07, 6.45) is 2.19. The highest BCUT2D eigenvalue weighted by Crippen LogP contribution is 2.29. The molecule has 0 saturated heterocycles. The molecule has 0 aliphatic carbocycles. The number of anilines is 1. The molecule has 0 aliphatic rings. The van der Waals surface area contributed by atoms with Gasteiger partial charge in [0.25, 0.3) is 0 Å². The number of benzene rings is 3. The van der Waals surface area contributed by atoms with Gasteiger partial charge < -0.3 is 10.4 Å². The van der Waals surface area contributed by atoms with Crippen molar-refractivity contribution in [1.29, 1.82) is 0 Å². The van der Waals surface area contributed by atoms with Gasteiger partial charge in [-0.15, -0.1) is 0 Å². The molecule has 3 aromatic carbocycles. The highest BCUT2D eigenvalue weighted by molar-refractivity contribution is 6.30. The standard InChI is InChI=1S/C30H27ClN2O3/c1-20-4-2-5-23(18-32-26-15-10-22(11-16-26)21-8-13-25(31)14-9-21)30(20)24-12-17-27(33-19-24)28(34)6-3-7-29(35)36/h2,4-5,8-17,19,32H,3,6-7,18H2,1H3,(H,35,36). The number of carboxylic acid groups (broad SMARTS) is 1. The van der Waals surface area contributed by atoms with Crippen molar-refractivity contribution in [3.63, 3.8) is 0 Å². The van der Waals surface area contributed by atoms with E-state index < -0.39 is 5.97 Å². The number of aromatic nitrogens is 1. The van der Waals surface area contributed by atoms with E-state index in [1.165, 1.54) is 0 Å². The van der Waals surface area contributed by atoms with Gasteiger partial charge in [0.2, 0.25) is 0 Å². The van der Waals surface area contributed by atoms with Gasteiger partial charge in [-0.25, -0.2) is 0 Å². The van der Waals surface area contributed by atoms with Crippen LogP contribution in [0, 0.1) is 6.92 Å². The Hall–Kier alpha value is -3.96. The molecule has 6 heteroatoms. The minimum atomic E-state index is -0.899. The number of carboxylic acids is 1. The van der Waals surface area contributed by atoms with Crippen molar-refractivity contribution >= 4 is 29.0 Å². The zero-order valence-corrected chi connectivity index (χ0v) is 20.8. The summed E-state index contributed by atoms with van der Waals surface area (Å²) in [4.78, 5) is 27.4. The van der Waals surface area contributed by atoms with Gasteiger partial charge in [-0.3, -0.25) is 14.6 Å². The van der Waals surface area contributed by atoms with Crippen molar-refractivity contribution in [3.8, 4) is 22.3 Å². The monoisotopic (exact) mass is 498 g/mol. The first-order valence-electron chi connectivity index (χ1n) is 11.8. The van der Waals surface area contributed by atoms with Crippen LogP contribution in [0.25, 0.3) is 22.3 Å². The van der Waals surface area contributed by atoms with E-state index in [0.717, 1.165) is 44.1 Å². The van der Waals surface area contributed by atoms with Crippen LogP contribution in [-0.2, 0) is 11.3 Å². The number of halogens is 1. The van der Waals surface area contributed by atoms with E-state index in [9.17, 15) is 9.59 Å². The molecular formula is C30H27ClN2O3. The molecule has 0 spiro atoms. The molecule has 5 nitrogen and oxygen atoms in total. The van der Waals surface area contributed by atoms with E-state index in [0.29, 0.717) is 18.7 Å². The lowest BCUT2D eigenvalue weighted by atomic mass is 9.95. The highest BCUT2D eigenvalue weighted by atomic mass is 35.5. The van der Waals surface area contributed by atoms with Crippen LogP contribution in [0.15, 0.2) is 85.1 Å². The molecule has 0 radical (unpaired) electrons. The molecule has 4 rings (SSSR count). The number of nitrogens with one attached hydrogen (secondary N) is 1. The van der Waals surface area contributed by atoms with Crippen molar-refractivity contribution in [2.45, 2.75) is 32.7 Å². The molecule has 0 amide bonds. The largest absolute Gasteiger partial charge is 0.481 e. The number of aliphatic carboxylic acids is 1. The Balaban J connectivity index is 1.46. The van der Waals surface area contributed by atoms with E-state index in [-0.39, 0.29) is 18.6 Å². The number of carbonyl (C=O) groups excluding carboxylic acids is 1. The van der Waals surface area contributed by atoms with Crippen molar-refractivity contribution in [1.82, 2.24) is 4.98 Å². The third-order valence-electron chi connectivity index (χ3n) is 6.04. The van der Waals surface area contributed by atoms with Crippen LogP contribution in [0.5, 0.6) is 0 Å². The Labute approximate surface area is 215 Å². The molecule has 0 aliphatic heterocycles. The lowest BCUT2D eigenvalue weighted by molar-refractivity contribution is -0.137. The van der Waals surface area contributed by atoms with Gasteiger partial charge in [-0.05, 0) is 71.5 Å². The Bertz CT molecular complexity index is 1350. The molecule has 4 aromatic rings. The number of carbonyl (C=O) groups is 2. The summed E-state index contributed by atoms with van der Waals surface area (Å²) in [5, 5.41) is 13.0. The number of aryl methyl sites for hydroxylation is 1. The second-order valence-electron chi connectivity index (χ2n) is 8.65. The number of ketones is 1. The summed E-state index contributed by atoms with van der Waals surface area (Å²) >= 11 is 5.99. The molecule has 0 bridgehead atoms. The van der Waals surface area contributed by atoms with Gasteiger partial charge in [0.15, 0.2) is 5.78 Å². The van der Waals surface area contributed by atoms with Gasteiger partial charge in [0.05, 0.1) is 0 Å². The number of nitrogens with zero attached hydrogens (tertiary/aromatic N) is 1. The van der Waals surface area contributed by atoms with Gasteiger partial charge in [-0.2, -0.15) is 0 Å². The third kappa shape index (κ3) is 6.37. The average Bonchev–Trinajstić information content (AvgIpc) is 2.88. The second-order valence-corrected chi connectivity index (χ2v) is 9.09. The first kappa shape index (κ1) is 25.1. The first-order valence-corrected chi connectivity index (χ1v) is 12.2. The Morgan fingerprint density at radius 3 is 2.17 bits per heavy atom. The van der Waals surface area contributed by atoms with Crippen LogP contribution in [0.4, 0.5) is 5.69 Å². The molecule has 182 valence electrons. The maximum atomic E-state index is 12.3. The maximum absolute atomic E-state index is 12.3. The zero-order chi connectivity index (χ0) is 25.5. The summed E-state index contributed by atoms with van der Waals surface area (Å²) in [6, 6.07) is 25.9. The van der Waals surface area contributed by atoms with E-state index in [4.69, 9.17) is 16.7 Å². The number of hydrogen-bond acceptors (Lipinski definition) is 4. The quantitative estimate of drug-likeness (QED) is 0.222. The molecule has 0 unspecified atom stereocenters. The molecule has 0 fully saturated rings. The summed E-state index contributed by atoms with van der Waals surface area (Å²) in [5.74, 6) is -1.04. The maximum Gasteiger partial charge on any atom is 0.303 e. The number of Topliss-reactive ketones (excluding diaryl/α,β-unsaturated/α-hetero) is 1. The molecule has 0 atom stereocenters. The number of pyridine rings is 1. The van der Waals surface area contributed by atoms with Crippen molar-refractivity contribution in [3.05, 3.63) is 107 Å². The fraction of sp³-hybridized carbons (Fsp3) is 0.167. The summed E-state index contributed by atoms with van der Waals surface area (Å²) in [6.45, 7) is 2.69. The van der Waals surface area contributed by atoms with E-state index in [1.54, 1.807) is 12.3 Å². The highest BCUT2D eigenvalue weighted by Gasteiger charge is 2.12. The topological polar surface area (TPSA) is 79.3 Å². The van der Waals surface area contributed by atoms with E-state index >= 15 is 0 Å². The minimum absolute atomic E-state index is 0.0206. The van der Waals surface area contributed by atoms with Crippen LogP contribution >= 0.6 is 11.6 Å². The number of hydrogen-bond donors (Lipinski definition) is 2. The summed E-state index contributed by atoms with van der Waals surface area (Å²) < 4.78 is 0. The van der Waals surface area contributed by atoms with Crippen LogP contribution < -0.4 is 5.32 Å². The van der Waals surface area contributed by atoms with Crippen molar-refractivity contribution in [2.75, 3.05) is 5.32 Å². The first-order chi connectivity index (χ1) is 17.4. The SMILES string of the molecule is Cc1cccc(CNc2ccc(-c3ccc(Cl)cc3)cc2)c1-c1ccc(C(=O)CCCC(=O)O)nc1. The van der Waals surface area contributed by atoms with Gasteiger partial charge in [0.1, 0.15) is 5.69 Å². The molecule has 1 heterocycles. The van der Waals surface area contributed by atoms with Crippen LogP contribution in [-0.4, -0.2) is 21.8 Å². The molecule has 36 heavy (non-hydrogen) atoms. The predicted molar refractivity (Wildman–Crippen MR) is 144 cm³/mol. The number of rotatable bonds is 10. The fourth-order valence-corrected chi connectivity index (χ4v) is 4.27. The predicted octanol–water partition coefficient (Wildman–Crippen LogP) is 7.43. The lowest BCUT2D eigenvalue weighted by Crippen LogP contribution is -2.05. The molecular weight excluding hydrogens is 472 g/mol. The van der Waals surface area contributed by atoms with Crippen molar-refractivity contribution in [2.24, 2.45) is 0 Å². The third-order valence-corrected chi connectivity index (χ3v) is 6.29. The Morgan fingerprint density at radius 1 is 0.861 bits per heavy atom. The molecule has 1 aromatic heterocycles.